The molecule has 0 bridgehead atoms. The molecule has 1 heterocycles. The molecule has 0 radical (unpaired) electrons. The molecular formula is C19H28N4O2. The molecule has 2 amide bonds. The number of carbonyl (C=O) groups excluding carboxylic acids is 1. The van der Waals surface area contributed by atoms with Crippen LogP contribution in [0, 0.1) is 11.8 Å². The molecule has 1 aromatic heterocycles. The van der Waals surface area contributed by atoms with Crippen molar-refractivity contribution in [1.29, 1.82) is 0 Å². The number of amides is 2. The number of hydrogen-bond donors (Lipinski definition) is 3. The summed E-state index contributed by atoms with van der Waals surface area (Å²) in [6.45, 7) is 5.68. The summed E-state index contributed by atoms with van der Waals surface area (Å²) in [6, 6.07) is 9.40. The van der Waals surface area contributed by atoms with E-state index in [0.29, 0.717) is 31.3 Å². The van der Waals surface area contributed by atoms with Gasteiger partial charge in [-0.15, -0.1) is 0 Å². The van der Waals surface area contributed by atoms with Gasteiger partial charge in [-0.2, -0.15) is 5.10 Å². The highest BCUT2D eigenvalue weighted by Gasteiger charge is 2.12. The van der Waals surface area contributed by atoms with Crippen molar-refractivity contribution in [3.8, 4) is 0 Å². The van der Waals surface area contributed by atoms with Crippen LogP contribution in [0.4, 0.5) is 10.5 Å². The molecule has 136 valence electrons. The zero-order valence-electron chi connectivity index (χ0n) is 15.0. The SMILES string of the molecule is CC(C)CC(CCO)CNC(=O)Nc1cccc(Cn2cccn2)c1. The Labute approximate surface area is 149 Å². The Bertz CT molecular complexity index is 641. The molecule has 0 fully saturated rings. The van der Waals surface area contributed by atoms with Crippen LogP contribution in [-0.4, -0.2) is 34.1 Å². The second-order valence-electron chi connectivity index (χ2n) is 6.75. The van der Waals surface area contributed by atoms with Crippen molar-refractivity contribution in [1.82, 2.24) is 15.1 Å². The van der Waals surface area contributed by atoms with E-state index < -0.39 is 0 Å². The Kier molecular flexibility index (Phi) is 7.47. The number of urea groups is 1. The number of rotatable bonds is 9. The number of aromatic nitrogens is 2. The molecule has 6 nitrogen and oxygen atoms in total. The molecule has 0 saturated heterocycles. The minimum Gasteiger partial charge on any atom is -0.396 e. The van der Waals surface area contributed by atoms with Crippen molar-refractivity contribution in [3.63, 3.8) is 0 Å². The van der Waals surface area contributed by atoms with Gasteiger partial charge in [0.15, 0.2) is 0 Å². The number of hydrogen-bond acceptors (Lipinski definition) is 3. The van der Waals surface area contributed by atoms with Gasteiger partial charge < -0.3 is 15.7 Å². The van der Waals surface area contributed by atoms with E-state index in [1.165, 1.54) is 0 Å². The Morgan fingerprint density at radius 2 is 2.16 bits per heavy atom. The van der Waals surface area contributed by atoms with E-state index in [1.807, 2.05) is 41.2 Å². The molecule has 0 aliphatic carbocycles. The topological polar surface area (TPSA) is 79.2 Å². The first kappa shape index (κ1) is 19.0. The number of nitrogens with one attached hydrogen (secondary N) is 2. The second kappa shape index (κ2) is 9.84. The Morgan fingerprint density at radius 1 is 1.32 bits per heavy atom. The van der Waals surface area contributed by atoms with Gasteiger partial charge in [0.05, 0.1) is 6.54 Å². The first-order chi connectivity index (χ1) is 12.1. The van der Waals surface area contributed by atoms with E-state index in [-0.39, 0.29) is 12.6 Å². The molecule has 0 spiro atoms. The number of aliphatic hydroxyl groups is 1. The average molecular weight is 344 g/mol. The lowest BCUT2D eigenvalue weighted by molar-refractivity contribution is 0.231. The molecule has 0 aliphatic rings. The summed E-state index contributed by atoms with van der Waals surface area (Å²) in [5.41, 5.74) is 1.82. The van der Waals surface area contributed by atoms with Crippen LogP contribution in [0.15, 0.2) is 42.7 Å². The van der Waals surface area contributed by atoms with Crippen LogP contribution in [0.3, 0.4) is 0 Å². The zero-order valence-corrected chi connectivity index (χ0v) is 15.0. The first-order valence-corrected chi connectivity index (χ1v) is 8.79. The van der Waals surface area contributed by atoms with E-state index in [2.05, 4.69) is 29.6 Å². The summed E-state index contributed by atoms with van der Waals surface area (Å²) in [5, 5.41) is 19.1. The van der Waals surface area contributed by atoms with Gasteiger partial charge in [0.1, 0.15) is 0 Å². The highest BCUT2D eigenvalue weighted by molar-refractivity contribution is 5.89. The van der Waals surface area contributed by atoms with Crippen molar-refractivity contribution in [3.05, 3.63) is 48.3 Å². The predicted octanol–water partition coefficient (Wildman–Crippen LogP) is 3.10. The minimum atomic E-state index is -0.220. The summed E-state index contributed by atoms with van der Waals surface area (Å²) < 4.78 is 1.84. The molecule has 2 rings (SSSR count). The highest BCUT2D eigenvalue weighted by Crippen LogP contribution is 2.15. The van der Waals surface area contributed by atoms with Crippen molar-refractivity contribution in [2.75, 3.05) is 18.5 Å². The van der Waals surface area contributed by atoms with Gasteiger partial charge in [0.2, 0.25) is 0 Å². The fourth-order valence-corrected chi connectivity index (χ4v) is 2.89. The van der Waals surface area contributed by atoms with Crippen LogP contribution >= 0.6 is 0 Å². The lowest BCUT2D eigenvalue weighted by Crippen LogP contribution is -2.33. The largest absolute Gasteiger partial charge is 0.396 e. The van der Waals surface area contributed by atoms with Crippen LogP contribution in [0.1, 0.15) is 32.3 Å². The smallest absolute Gasteiger partial charge is 0.319 e. The molecule has 1 atom stereocenters. The van der Waals surface area contributed by atoms with Crippen molar-refractivity contribution in [2.45, 2.75) is 33.2 Å². The summed E-state index contributed by atoms with van der Waals surface area (Å²) in [5.74, 6) is 0.835. The molecule has 1 aromatic carbocycles. The number of anilines is 1. The molecule has 3 N–H and O–H groups in total. The number of benzene rings is 1. The van der Waals surface area contributed by atoms with Gasteiger partial charge in [-0.1, -0.05) is 26.0 Å². The number of nitrogens with zero attached hydrogens (tertiary/aromatic N) is 2. The van der Waals surface area contributed by atoms with Crippen LogP contribution in [0.2, 0.25) is 0 Å². The van der Waals surface area contributed by atoms with Crippen LogP contribution in [-0.2, 0) is 6.54 Å². The van der Waals surface area contributed by atoms with Gasteiger partial charge in [-0.3, -0.25) is 4.68 Å². The van der Waals surface area contributed by atoms with Crippen molar-refractivity contribution < 1.29 is 9.90 Å². The highest BCUT2D eigenvalue weighted by atomic mass is 16.3. The Hall–Kier alpha value is -2.34. The third-order valence-electron chi connectivity index (χ3n) is 3.98. The third kappa shape index (κ3) is 6.97. The quantitative estimate of drug-likeness (QED) is 0.654. The van der Waals surface area contributed by atoms with E-state index in [4.69, 9.17) is 5.11 Å². The van der Waals surface area contributed by atoms with E-state index in [0.717, 1.165) is 17.7 Å². The Balaban J connectivity index is 1.85. The number of carbonyl (C=O) groups is 1. The van der Waals surface area contributed by atoms with Crippen molar-refractivity contribution >= 4 is 11.7 Å². The first-order valence-electron chi connectivity index (χ1n) is 8.79. The van der Waals surface area contributed by atoms with Gasteiger partial charge >= 0.3 is 6.03 Å². The van der Waals surface area contributed by atoms with E-state index in [1.54, 1.807) is 6.20 Å². The molecule has 6 heteroatoms. The molecular weight excluding hydrogens is 316 g/mol. The Morgan fingerprint density at radius 3 is 2.84 bits per heavy atom. The number of aliphatic hydroxyl groups excluding tert-OH is 1. The van der Waals surface area contributed by atoms with Gasteiger partial charge in [0.25, 0.3) is 0 Å². The predicted molar refractivity (Wildman–Crippen MR) is 99.4 cm³/mol. The molecule has 25 heavy (non-hydrogen) atoms. The van der Waals surface area contributed by atoms with Crippen LogP contribution < -0.4 is 10.6 Å². The maximum absolute atomic E-state index is 12.1. The van der Waals surface area contributed by atoms with Crippen LogP contribution in [0.5, 0.6) is 0 Å². The van der Waals surface area contributed by atoms with Crippen molar-refractivity contribution in [2.24, 2.45) is 11.8 Å². The van der Waals surface area contributed by atoms with E-state index in [9.17, 15) is 4.79 Å². The molecule has 0 aliphatic heterocycles. The average Bonchev–Trinajstić information content (AvgIpc) is 3.06. The minimum absolute atomic E-state index is 0.149. The zero-order chi connectivity index (χ0) is 18.1. The summed E-state index contributed by atoms with van der Waals surface area (Å²) in [4.78, 5) is 12.1. The summed E-state index contributed by atoms with van der Waals surface area (Å²) in [7, 11) is 0. The molecule has 1 unspecified atom stereocenters. The lowest BCUT2D eigenvalue weighted by Gasteiger charge is -2.19. The monoisotopic (exact) mass is 344 g/mol. The third-order valence-corrected chi connectivity index (χ3v) is 3.98. The second-order valence-corrected chi connectivity index (χ2v) is 6.75. The molecule has 2 aromatic rings. The maximum Gasteiger partial charge on any atom is 0.319 e. The fraction of sp³-hybridized carbons (Fsp3) is 0.474. The summed E-state index contributed by atoms with van der Waals surface area (Å²) in [6.07, 6.45) is 5.34. The molecule has 0 saturated carbocycles. The standard InChI is InChI=1S/C19H28N4O2/c1-15(2)11-16(7-10-24)13-20-19(25)22-18-6-3-5-17(12-18)14-23-9-4-8-21-23/h3-6,8-9,12,15-16,24H,7,10-11,13-14H2,1-2H3,(H2,20,22,25). The maximum atomic E-state index is 12.1. The lowest BCUT2D eigenvalue weighted by atomic mass is 9.94. The van der Waals surface area contributed by atoms with Gasteiger partial charge in [0, 0.05) is 31.2 Å². The van der Waals surface area contributed by atoms with Crippen LogP contribution in [0.25, 0.3) is 0 Å². The van der Waals surface area contributed by atoms with Gasteiger partial charge in [-0.25, -0.2) is 4.79 Å². The summed E-state index contributed by atoms with van der Waals surface area (Å²) >= 11 is 0. The van der Waals surface area contributed by atoms with E-state index >= 15 is 0 Å². The normalized spacial score (nSPS) is 12.2. The van der Waals surface area contributed by atoms with Gasteiger partial charge in [-0.05, 0) is 48.4 Å². The fourth-order valence-electron chi connectivity index (χ4n) is 2.89.